The van der Waals surface area contributed by atoms with E-state index in [0.29, 0.717) is 12.5 Å². The van der Waals surface area contributed by atoms with Gasteiger partial charge in [0.25, 0.3) is 0 Å². The van der Waals surface area contributed by atoms with Gasteiger partial charge in [0.1, 0.15) is 0 Å². The van der Waals surface area contributed by atoms with Crippen LogP contribution in [-0.4, -0.2) is 54.7 Å². The quantitative estimate of drug-likeness (QED) is 0.569. The first kappa shape index (κ1) is 14.7. The molecule has 0 aromatic rings. The van der Waals surface area contributed by atoms with Crippen LogP contribution in [-0.2, 0) is 4.79 Å². The standard InChI is InChI=1S/C12H21N3O3/c1-3-4-13-12(18)14-11(17)8-15(2)7-9-5-10(16)6-9/h3,9-10,16H,1,4-8H2,2H3,(H2,13,14,17,18). The maximum atomic E-state index is 11.5. The molecule has 0 aromatic heterocycles. The molecule has 3 N–H and O–H groups in total. The van der Waals surface area contributed by atoms with E-state index < -0.39 is 6.03 Å². The summed E-state index contributed by atoms with van der Waals surface area (Å²) in [5.74, 6) is 0.117. The van der Waals surface area contributed by atoms with E-state index in [-0.39, 0.29) is 18.6 Å². The van der Waals surface area contributed by atoms with E-state index in [0.717, 1.165) is 19.4 Å². The molecule has 1 aliphatic rings. The number of imide groups is 1. The van der Waals surface area contributed by atoms with E-state index >= 15 is 0 Å². The number of nitrogens with one attached hydrogen (secondary N) is 2. The minimum Gasteiger partial charge on any atom is -0.393 e. The highest BCUT2D eigenvalue weighted by molar-refractivity contribution is 5.95. The lowest BCUT2D eigenvalue weighted by molar-refractivity contribution is -0.121. The molecule has 1 rings (SSSR count). The lowest BCUT2D eigenvalue weighted by Crippen LogP contribution is -2.45. The van der Waals surface area contributed by atoms with Crippen molar-refractivity contribution in [3.63, 3.8) is 0 Å². The van der Waals surface area contributed by atoms with E-state index in [1.165, 1.54) is 6.08 Å². The first-order valence-corrected chi connectivity index (χ1v) is 6.06. The van der Waals surface area contributed by atoms with Crippen LogP contribution < -0.4 is 10.6 Å². The molecule has 1 saturated carbocycles. The Morgan fingerprint density at radius 3 is 2.72 bits per heavy atom. The molecule has 0 atom stereocenters. The molecule has 0 saturated heterocycles. The van der Waals surface area contributed by atoms with Crippen molar-refractivity contribution in [3.8, 4) is 0 Å². The van der Waals surface area contributed by atoms with Gasteiger partial charge < -0.3 is 10.4 Å². The van der Waals surface area contributed by atoms with Crippen LogP contribution in [0.5, 0.6) is 0 Å². The van der Waals surface area contributed by atoms with Gasteiger partial charge in [-0.05, 0) is 25.8 Å². The molecule has 6 nitrogen and oxygen atoms in total. The van der Waals surface area contributed by atoms with Gasteiger partial charge in [0.05, 0.1) is 12.6 Å². The Labute approximate surface area is 107 Å². The van der Waals surface area contributed by atoms with E-state index in [2.05, 4.69) is 17.2 Å². The maximum absolute atomic E-state index is 11.5. The summed E-state index contributed by atoms with van der Waals surface area (Å²) in [6.45, 7) is 4.72. The molecular formula is C12H21N3O3. The van der Waals surface area contributed by atoms with Gasteiger partial charge in [0.15, 0.2) is 0 Å². The zero-order chi connectivity index (χ0) is 13.5. The maximum Gasteiger partial charge on any atom is 0.321 e. The highest BCUT2D eigenvalue weighted by Gasteiger charge is 2.28. The second-order valence-electron chi connectivity index (χ2n) is 4.73. The first-order valence-electron chi connectivity index (χ1n) is 6.06. The average Bonchev–Trinajstić information content (AvgIpc) is 2.23. The van der Waals surface area contributed by atoms with Gasteiger partial charge in [-0.15, -0.1) is 6.58 Å². The summed E-state index contributed by atoms with van der Waals surface area (Å²) < 4.78 is 0. The van der Waals surface area contributed by atoms with Gasteiger partial charge in [-0.2, -0.15) is 0 Å². The Morgan fingerprint density at radius 1 is 1.50 bits per heavy atom. The van der Waals surface area contributed by atoms with Crippen LogP contribution in [0.1, 0.15) is 12.8 Å². The Balaban J connectivity index is 2.14. The molecule has 1 fully saturated rings. The number of aliphatic hydroxyl groups excluding tert-OH is 1. The Kier molecular flexibility index (Phi) is 5.80. The zero-order valence-corrected chi connectivity index (χ0v) is 10.7. The van der Waals surface area contributed by atoms with Crippen molar-refractivity contribution < 1.29 is 14.7 Å². The van der Waals surface area contributed by atoms with Crippen molar-refractivity contribution in [2.45, 2.75) is 18.9 Å². The summed E-state index contributed by atoms with van der Waals surface area (Å²) in [5, 5.41) is 13.9. The van der Waals surface area contributed by atoms with E-state index in [4.69, 9.17) is 5.11 Å². The molecule has 18 heavy (non-hydrogen) atoms. The number of nitrogens with zero attached hydrogens (tertiary/aromatic N) is 1. The summed E-state index contributed by atoms with van der Waals surface area (Å²) in [6.07, 6.45) is 2.96. The number of amides is 3. The third-order valence-corrected chi connectivity index (χ3v) is 2.85. The van der Waals surface area contributed by atoms with Crippen LogP contribution in [0.25, 0.3) is 0 Å². The molecular weight excluding hydrogens is 234 g/mol. The number of carbonyl (C=O) groups is 2. The molecule has 1 aliphatic carbocycles. The molecule has 0 bridgehead atoms. The third kappa shape index (κ3) is 5.29. The average molecular weight is 255 g/mol. The second-order valence-corrected chi connectivity index (χ2v) is 4.73. The Bertz CT molecular complexity index is 314. The number of likely N-dealkylation sites (N-methyl/N-ethyl adjacent to an activating group) is 1. The predicted molar refractivity (Wildman–Crippen MR) is 68.0 cm³/mol. The lowest BCUT2D eigenvalue weighted by Gasteiger charge is -2.34. The topological polar surface area (TPSA) is 81.7 Å². The lowest BCUT2D eigenvalue weighted by atomic mass is 9.82. The van der Waals surface area contributed by atoms with Crippen LogP contribution in [0.15, 0.2) is 12.7 Å². The van der Waals surface area contributed by atoms with Gasteiger partial charge in [0.2, 0.25) is 5.91 Å². The predicted octanol–water partition coefficient (Wildman–Crippen LogP) is -0.299. The first-order chi connectivity index (χ1) is 8.51. The number of carbonyl (C=O) groups excluding carboxylic acids is 2. The highest BCUT2D eigenvalue weighted by atomic mass is 16.3. The molecule has 0 unspecified atom stereocenters. The number of aliphatic hydroxyl groups is 1. The fourth-order valence-corrected chi connectivity index (χ4v) is 1.98. The highest BCUT2D eigenvalue weighted by Crippen LogP contribution is 2.27. The summed E-state index contributed by atoms with van der Waals surface area (Å²) in [4.78, 5) is 24.5. The molecule has 6 heteroatoms. The van der Waals surface area contributed by atoms with Crippen LogP contribution in [0, 0.1) is 5.92 Å². The molecule has 3 amide bonds. The number of urea groups is 1. The fraction of sp³-hybridized carbons (Fsp3) is 0.667. The summed E-state index contributed by atoms with van der Waals surface area (Å²) in [7, 11) is 1.83. The normalized spacial score (nSPS) is 22.2. The Hall–Kier alpha value is -1.40. The number of hydrogen-bond acceptors (Lipinski definition) is 4. The van der Waals surface area contributed by atoms with Crippen LogP contribution >= 0.6 is 0 Å². The van der Waals surface area contributed by atoms with Gasteiger partial charge in [-0.1, -0.05) is 6.08 Å². The van der Waals surface area contributed by atoms with Gasteiger partial charge in [0, 0.05) is 13.1 Å². The van der Waals surface area contributed by atoms with Crippen molar-refractivity contribution in [3.05, 3.63) is 12.7 Å². The third-order valence-electron chi connectivity index (χ3n) is 2.85. The minimum absolute atomic E-state index is 0.175. The van der Waals surface area contributed by atoms with Gasteiger partial charge in [-0.25, -0.2) is 4.79 Å². The van der Waals surface area contributed by atoms with Crippen LogP contribution in [0.3, 0.4) is 0 Å². The van der Waals surface area contributed by atoms with Crippen molar-refractivity contribution in [1.82, 2.24) is 15.5 Å². The van der Waals surface area contributed by atoms with Gasteiger partial charge >= 0.3 is 6.03 Å². The van der Waals surface area contributed by atoms with E-state index in [9.17, 15) is 9.59 Å². The molecule has 0 aliphatic heterocycles. The van der Waals surface area contributed by atoms with Crippen LogP contribution in [0.2, 0.25) is 0 Å². The molecule has 0 spiro atoms. The second kappa shape index (κ2) is 7.13. The summed E-state index contributed by atoms with van der Waals surface area (Å²) in [5.41, 5.74) is 0. The van der Waals surface area contributed by atoms with E-state index in [1.54, 1.807) is 0 Å². The van der Waals surface area contributed by atoms with E-state index in [1.807, 2.05) is 11.9 Å². The Morgan fingerprint density at radius 2 is 2.17 bits per heavy atom. The summed E-state index contributed by atoms with van der Waals surface area (Å²) >= 11 is 0. The molecule has 0 radical (unpaired) electrons. The van der Waals surface area contributed by atoms with Gasteiger partial charge in [-0.3, -0.25) is 15.0 Å². The molecule has 0 aromatic carbocycles. The van der Waals surface area contributed by atoms with Crippen LogP contribution in [0.4, 0.5) is 4.79 Å². The monoisotopic (exact) mass is 255 g/mol. The number of hydrogen-bond donors (Lipinski definition) is 3. The fourth-order valence-electron chi connectivity index (χ4n) is 1.98. The van der Waals surface area contributed by atoms with Crippen molar-refractivity contribution in [2.75, 3.05) is 26.7 Å². The van der Waals surface area contributed by atoms with Crippen molar-refractivity contribution >= 4 is 11.9 Å². The molecule has 0 heterocycles. The summed E-state index contributed by atoms with van der Waals surface area (Å²) in [6, 6.07) is -0.507. The smallest absolute Gasteiger partial charge is 0.321 e. The zero-order valence-electron chi connectivity index (χ0n) is 10.7. The van der Waals surface area contributed by atoms with Crippen molar-refractivity contribution in [2.24, 2.45) is 5.92 Å². The largest absolute Gasteiger partial charge is 0.393 e. The van der Waals surface area contributed by atoms with Crippen molar-refractivity contribution in [1.29, 1.82) is 0 Å². The molecule has 102 valence electrons. The number of rotatable bonds is 6. The minimum atomic E-state index is -0.507. The SMILES string of the molecule is C=CCNC(=O)NC(=O)CN(C)CC1CC(O)C1.